The van der Waals surface area contributed by atoms with Crippen molar-refractivity contribution in [3.8, 4) is 5.88 Å². The first-order valence-electron chi connectivity index (χ1n) is 12.8. The summed E-state index contributed by atoms with van der Waals surface area (Å²) in [5.74, 6) is -0.697. The van der Waals surface area contributed by atoms with E-state index in [1.165, 1.54) is 24.2 Å². The molecule has 12 nitrogen and oxygen atoms in total. The molecule has 0 spiro atoms. The van der Waals surface area contributed by atoms with Gasteiger partial charge in [0, 0.05) is 39.2 Å². The van der Waals surface area contributed by atoms with E-state index in [1.807, 2.05) is 26.0 Å². The Morgan fingerprint density at radius 1 is 1.18 bits per heavy atom. The molecule has 0 bridgehead atoms. The summed E-state index contributed by atoms with van der Waals surface area (Å²) in [6.45, 7) is 3.89. The Kier molecular flexibility index (Phi) is 10.2. The summed E-state index contributed by atoms with van der Waals surface area (Å²) in [7, 11) is 5.92. The third-order valence-corrected chi connectivity index (χ3v) is 6.41. The number of hydrogen-bond donors (Lipinski definition) is 0. The van der Waals surface area contributed by atoms with Crippen LogP contribution in [0.15, 0.2) is 35.1 Å². The molecule has 2 atom stereocenters. The highest BCUT2D eigenvalue weighted by Gasteiger charge is 2.34. The molecular formula is C26H35ClFN5O7. The van der Waals surface area contributed by atoms with E-state index in [0.717, 1.165) is 0 Å². The van der Waals surface area contributed by atoms with Crippen LogP contribution in [0, 0.1) is 5.82 Å². The molecule has 4 rings (SSSR count). The van der Waals surface area contributed by atoms with Crippen LogP contribution >= 0.6 is 0 Å². The van der Waals surface area contributed by atoms with E-state index in [-0.39, 0.29) is 43.8 Å². The van der Waals surface area contributed by atoms with Crippen LogP contribution in [0.2, 0.25) is 0 Å². The normalized spacial score (nSPS) is 18.2. The van der Waals surface area contributed by atoms with Crippen LogP contribution < -0.4 is 26.9 Å². The molecule has 2 amide bonds. The number of esters is 1. The fourth-order valence-electron chi connectivity index (χ4n) is 4.70. The van der Waals surface area contributed by atoms with Gasteiger partial charge in [0.15, 0.2) is 12.2 Å². The van der Waals surface area contributed by atoms with Gasteiger partial charge >= 0.3 is 12.1 Å². The predicted octanol–water partition coefficient (Wildman–Crippen LogP) is -1.10. The average Bonchev–Trinajstić information content (AvgIpc) is 3.51. The molecule has 40 heavy (non-hydrogen) atoms. The lowest BCUT2D eigenvalue weighted by Crippen LogP contribution is -3.00. The molecule has 220 valence electrons. The maximum absolute atomic E-state index is 15.2. The van der Waals surface area contributed by atoms with E-state index in [9.17, 15) is 14.4 Å². The third-order valence-electron chi connectivity index (χ3n) is 6.41. The van der Waals surface area contributed by atoms with Gasteiger partial charge in [-0.15, -0.1) is 0 Å². The Labute approximate surface area is 238 Å². The number of cyclic esters (lactones) is 1. The lowest BCUT2D eigenvalue weighted by atomic mass is 10.1. The molecule has 1 aromatic carbocycles. The first-order chi connectivity index (χ1) is 18.5. The Bertz CT molecular complexity index is 1170. The molecule has 3 heterocycles. The molecule has 2 aliphatic heterocycles. The van der Waals surface area contributed by atoms with Gasteiger partial charge in [-0.3, -0.25) is 14.5 Å². The molecule has 0 aliphatic carbocycles. The average molecular weight is 584 g/mol. The number of amides is 2. The Balaban J connectivity index is 0.00000441. The van der Waals surface area contributed by atoms with Crippen molar-refractivity contribution >= 4 is 29.3 Å². The summed E-state index contributed by atoms with van der Waals surface area (Å²) < 4.78 is 36.6. The quantitative estimate of drug-likeness (QED) is 0.254. The van der Waals surface area contributed by atoms with Gasteiger partial charge in [0.2, 0.25) is 5.91 Å². The summed E-state index contributed by atoms with van der Waals surface area (Å²) in [5, 5.41) is 3.64. The zero-order valence-electron chi connectivity index (χ0n) is 23.0. The molecule has 2 aromatic rings. The minimum Gasteiger partial charge on any atom is -1.00 e. The number of benzene rings is 1. The molecule has 14 heteroatoms. The Morgan fingerprint density at radius 2 is 1.90 bits per heavy atom. The number of aromatic nitrogens is 1. The van der Waals surface area contributed by atoms with Crippen LogP contribution in [0.3, 0.4) is 0 Å². The number of hydrogen-bond acceptors (Lipinski definition) is 9. The lowest BCUT2D eigenvalue weighted by Gasteiger charge is -2.37. The van der Waals surface area contributed by atoms with Crippen LogP contribution in [0.5, 0.6) is 5.88 Å². The first-order valence-corrected chi connectivity index (χ1v) is 12.8. The van der Waals surface area contributed by atoms with E-state index < -0.39 is 30.1 Å². The van der Waals surface area contributed by atoms with Gasteiger partial charge < -0.3 is 45.4 Å². The number of rotatable bonds is 10. The first kappa shape index (κ1) is 31.0. The SMILES string of the molecule is CC(=O)O[C@H](CC(=O)N1CCN(c2ccc(N3CC(COc4ccon4)OC3=O)cc2F)CC1)C[N+](C)(C)C.[Cl-]. The fourth-order valence-corrected chi connectivity index (χ4v) is 4.70. The molecule has 0 radical (unpaired) electrons. The van der Waals surface area contributed by atoms with Crippen LogP contribution in [-0.4, -0.2) is 112 Å². The summed E-state index contributed by atoms with van der Waals surface area (Å²) in [6.07, 6.45) is -0.150. The van der Waals surface area contributed by atoms with Crippen LogP contribution in [0.1, 0.15) is 13.3 Å². The molecule has 2 fully saturated rings. The zero-order chi connectivity index (χ0) is 28.2. The van der Waals surface area contributed by atoms with Gasteiger partial charge in [0.25, 0.3) is 5.88 Å². The lowest BCUT2D eigenvalue weighted by molar-refractivity contribution is -0.873. The maximum atomic E-state index is 15.2. The third kappa shape index (κ3) is 8.21. The summed E-state index contributed by atoms with van der Waals surface area (Å²) in [4.78, 5) is 41.7. The summed E-state index contributed by atoms with van der Waals surface area (Å²) >= 11 is 0. The smallest absolute Gasteiger partial charge is 0.414 e. The van der Waals surface area contributed by atoms with Crippen molar-refractivity contribution in [1.29, 1.82) is 0 Å². The topological polar surface area (TPSA) is 115 Å². The molecule has 1 aromatic heterocycles. The van der Waals surface area contributed by atoms with Crippen molar-refractivity contribution in [2.45, 2.75) is 25.6 Å². The van der Waals surface area contributed by atoms with E-state index in [1.54, 1.807) is 23.1 Å². The summed E-state index contributed by atoms with van der Waals surface area (Å²) in [6, 6.07) is 6.16. The van der Waals surface area contributed by atoms with Crippen LogP contribution in [-0.2, 0) is 19.1 Å². The summed E-state index contributed by atoms with van der Waals surface area (Å²) in [5.41, 5.74) is 0.778. The van der Waals surface area contributed by atoms with E-state index in [4.69, 9.17) is 18.7 Å². The van der Waals surface area contributed by atoms with Gasteiger partial charge in [0.1, 0.15) is 25.2 Å². The van der Waals surface area contributed by atoms with Crippen molar-refractivity contribution in [1.82, 2.24) is 10.1 Å². The van der Waals surface area contributed by atoms with E-state index >= 15 is 4.39 Å². The highest BCUT2D eigenvalue weighted by molar-refractivity contribution is 5.90. The highest BCUT2D eigenvalue weighted by atomic mass is 35.5. The second-order valence-corrected chi connectivity index (χ2v) is 10.7. The van der Waals surface area contributed by atoms with Crippen molar-refractivity contribution in [3.05, 3.63) is 36.3 Å². The van der Waals surface area contributed by atoms with E-state index in [2.05, 4.69) is 5.16 Å². The second kappa shape index (κ2) is 13.2. The number of quaternary nitrogens is 1. The highest BCUT2D eigenvalue weighted by Crippen LogP contribution is 2.29. The van der Waals surface area contributed by atoms with Gasteiger partial charge in [-0.1, -0.05) is 0 Å². The molecule has 2 aliphatic rings. The maximum Gasteiger partial charge on any atom is 0.414 e. The number of likely N-dealkylation sites (N-methyl/N-ethyl adjacent to an activating group) is 1. The monoisotopic (exact) mass is 583 g/mol. The van der Waals surface area contributed by atoms with Gasteiger partial charge in [-0.05, 0) is 23.4 Å². The number of carbonyl (C=O) groups excluding carboxylic acids is 3. The number of piperazine rings is 1. The second-order valence-electron chi connectivity index (χ2n) is 10.7. The minimum absolute atomic E-state index is 0. The number of halogens is 2. The van der Waals surface area contributed by atoms with Crippen LogP contribution in [0.25, 0.3) is 0 Å². The Morgan fingerprint density at radius 3 is 2.50 bits per heavy atom. The number of anilines is 2. The van der Waals surface area contributed by atoms with Gasteiger partial charge in [-0.2, -0.15) is 0 Å². The van der Waals surface area contributed by atoms with E-state index in [0.29, 0.717) is 48.6 Å². The predicted molar refractivity (Wildman–Crippen MR) is 138 cm³/mol. The van der Waals surface area contributed by atoms with Crippen molar-refractivity contribution in [2.24, 2.45) is 0 Å². The van der Waals surface area contributed by atoms with Crippen molar-refractivity contribution in [2.75, 3.05) is 76.8 Å². The van der Waals surface area contributed by atoms with Gasteiger partial charge in [0.05, 0.1) is 45.5 Å². The number of nitrogens with zero attached hydrogens (tertiary/aromatic N) is 5. The zero-order valence-corrected chi connectivity index (χ0v) is 23.8. The molecule has 0 saturated carbocycles. The van der Waals surface area contributed by atoms with Crippen molar-refractivity contribution in [3.63, 3.8) is 0 Å². The molecule has 1 unspecified atom stereocenters. The fraction of sp³-hybridized carbons (Fsp3) is 0.538. The number of carbonyl (C=O) groups is 3. The molecule has 2 saturated heterocycles. The van der Waals surface area contributed by atoms with Gasteiger partial charge in [-0.25, -0.2) is 9.18 Å². The molecule has 0 N–H and O–H groups in total. The Hall–Kier alpha value is -3.58. The largest absolute Gasteiger partial charge is 1.00 e. The van der Waals surface area contributed by atoms with Crippen molar-refractivity contribution < 1.29 is 54.4 Å². The minimum atomic E-state index is -0.583. The molecular weight excluding hydrogens is 549 g/mol. The standard InChI is InChI=1S/C26H35FN5O7.ClH/c1-18(33)38-20(16-32(2,3)4)14-25(34)30-10-8-29(9-11-30)23-6-5-19(13-22(23)27)31-15-21(39-26(31)35)17-36-24-7-12-37-28-24;/h5-7,12-13,20-21H,8-11,14-17H2,1-4H3;1H/q+1;/p-1/t20-,21?;/m1./s1. The number of ether oxygens (including phenoxy) is 3. The van der Waals surface area contributed by atoms with Crippen LogP contribution in [0.4, 0.5) is 20.6 Å².